The molecule has 0 aliphatic rings. The van der Waals surface area contributed by atoms with Crippen molar-refractivity contribution in [3.63, 3.8) is 0 Å². The molecule has 6 heteroatoms. The molecular formula is C19H22F2N2O2. The Balaban J connectivity index is 1.90. The van der Waals surface area contributed by atoms with Crippen molar-refractivity contribution in [3.8, 4) is 5.75 Å². The van der Waals surface area contributed by atoms with E-state index in [2.05, 4.69) is 10.6 Å². The third-order valence-corrected chi connectivity index (χ3v) is 3.83. The zero-order chi connectivity index (χ0) is 18.4. The maximum atomic E-state index is 13.7. The van der Waals surface area contributed by atoms with Crippen LogP contribution in [0.25, 0.3) is 0 Å². The second-order valence-electron chi connectivity index (χ2n) is 5.96. The molecule has 2 rings (SSSR count). The van der Waals surface area contributed by atoms with E-state index >= 15 is 0 Å². The number of urea groups is 1. The summed E-state index contributed by atoms with van der Waals surface area (Å²) >= 11 is 0. The first kappa shape index (κ1) is 18.7. The van der Waals surface area contributed by atoms with Gasteiger partial charge >= 0.3 is 6.03 Å². The Labute approximate surface area is 146 Å². The van der Waals surface area contributed by atoms with E-state index in [0.29, 0.717) is 6.42 Å². The number of rotatable bonds is 6. The molecule has 0 bridgehead atoms. The molecule has 0 aliphatic heterocycles. The summed E-state index contributed by atoms with van der Waals surface area (Å²) in [5.41, 5.74) is 1.27. The van der Waals surface area contributed by atoms with Crippen LogP contribution in [0.15, 0.2) is 42.5 Å². The first-order valence-corrected chi connectivity index (χ1v) is 8.04. The molecule has 0 spiro atoms. The van der Waals surface area contributed by atoms with Gasteiger partial charge in [0.2, 0.25) is 0 Å². The van der Waals surface area contributed by atoms with Crippen LogP contribution in [0.4, 0.5) is 13.6 Å². The molecule has 2 unspecified atom stereocenters. The maximum Gasteiger partial charge on any atom is 0.315 e. The van der Waals surface area contributed by atoms with Crippen molar-refractivity contribution < 1.29 is 18.3 Å². The minimum atomic E-state index is -0.683. The van der Waals surface area contributed by atoms with E-state index in [9.17, 15) is 13.6 Å². The van der Waals surface area contributed by atoms with Crippen LogP contribution in [0.3, 0.4) is 0 Å². The van der Waals surface area contributed by atoms with Crippen LogP contribution in [0.1, 0.15) is 31.0 Å². The van der Waals surface area contributed by atoms with Gasteiger partial charge in [-0.05, 0) is 44.0 Å². The molecule has 4 nitrogen and oxygen atoms in total. The minimum absolute atomic E-state index is 0.127. The molecule has 25 heavy (non-hydrogen) atoms. The van der Waals surface area contributed by atoms with Crippen molar-refractivity contribution in [1.29, 1.82) is 0 Å². The summed E-state index contributed by atoms with van der Waals surface area (Å²) in [5.74, 6) is -0.573. The van der Waals surface area contributed by atoms with E-state index in [0.717, 1.165) is 17.4 Å². The lowest BCUT2D eigenvalue weighted by Gasteiger charge is -2.19. The second-order valence-corrected chi connectivity index (χ2v) is 5.96. The lowest BCUT2D eigenvalue weighted by molar-refractivity contribution is 0.234. The highest BCUT2D eigenvalue weighted by Gasteiger charge is 2.15. The normalized spacial score (nSPS) is 13.0. The van der Waals surface area contributed by atoms with Gasteiger partial charge in [-0.15, -0.1) is 0 Å². The van der Waals surface area contributed by atoms with Crippen molar-refractivity contribution in [3.05, 3.63) is 65.2 Å². The van der Waals surface area contributed by atoms with E-state index in [-0.39, 0.29) is 11.6 Å². The van der Waals surface area contributed by atoms with Crippen molar-refractivity contribution in [1.82, 2.24) is 10.6 Å². The summed E-state index contributed by atoms with van der Waals surface area (Å²) in [6, 6.07) is 9.79. The van der Waals surface area contributed by atoms with Gasteiger partial charge in [0.05, 0.1) is 13.2 Å². The average Bonchev–Trinajstić information content (AvgIpc) is 2.54. The monoisotopic (exact) mass is 348 g/mol. The molecule has 0 aromatic heterocycles. The Hall–Kier alpha value is -2.63. The number of hydrogen-bond acceptors (Lipinski definition) is 2. The fraction of sp³-hybridized carbons (Fsp3) is 0.316. The standard InChI is InChI=1S/C19H22F2N2O2/c1-12(9-14-5-4-6-16(10-14)25-3)22-19(24)23-13(2)17-8-7-15(20)11-18(17)21/h4-8,10-13H,9H2,1-3H3,(H2,22,23,24). The van der Waals surface area contributed by atoms with Gasteiger partial charge in [0, 0.05) is 17.7 Å². The number of carbonyl (C=O) groups is 1. The number of carbonyl (C=O) groups excluding carboxylic acids is 1. The summed E-state index contributed by atoms with van der Waals surface area (Å²) in [7, 11) is 1.60. The number of nitrogens with one attached hydrogen (secondary N) is 2. The Morgan fingerprint density at radius 2 is 1.88 bits per heavy atom. The lowest BCUT2D eigenvalue weighted by Crippen LogP contribution is -2.42. The van der Waals surface area contributed by atoms with Crippen molar-refractivity contribution in [2.24, 2.45) is 0 Å². The summed E-state index contributed by atoms with van der Waals surface area (Å²) in [5, 5.41) is 5.47. The lowest BCUT2D eigenvalue weighted by atomic mass is 10.1. The SMILES string of the molecule is COc1cccc(CC(C)NC(=O)NC(C)c2ccc(F)cc2F)c1. The quantitative estimate of drug-likeness (QED) is 0.830. The van der Waals surface area contributed by atoms with Crippen molar-refractivity contribution in [2.45, 2.75) is 32.4 Å². The van der Waals surface area contributed by atoms with Gasteiger partial charge in [0.15, 0.2) is 0 Å². The molecule has 2 atom stereocenters. The highest BCUT2D eigenvalue weighted by molar-refractivity contribution is 5.74. The summed E-state index contributed by atoms with van der Waals surface area (Å²) in [6.07, 6.45) is 0.629. The minimum Gasteiger partial charge on any atom is -0.497 e. The molecule has 0 fully saturated rings. The summed E-state index contributed by atoms with van der Waals surface area (Å²) < 4.78 is 31.9. The molecule has 2 N–H and O–H groups in total. The Bertz CT molecular complexity index is 737. The number of benzene rings is 2. The molecule has 0 aliphatic carbocycles. The number of hydrogen-bond donors (Lipinski definition) is 2. The smallest absolute Gasteiger partial charge is 0.315 e. The van der Waals surface area contributed by atoms with Gasteiger partial charge in [0.25, 0.3) is 0 Å². The average molecular weight is 348 g/mol. The van der Waals surface area contributed by atoms with Crippen LogP contribution < -0.4 is 15.4 Å². The number of methoxy groups -OCH3 is 1. The topological polar surface area (TPSA) is 50.4 Å². The second kappa shape index (κ2) is 8.46. The highest BCUT2D eigenvalue weighted by atomic mass is 19.1. The molecule has 0 saturated carbocycles. The molecule has 2 amide bonds. The van der Waals surface area contributed by atoms with Gasteiger partial charge < -0.3 is 15.4 Å². The predicted octanol–water partition coefficient (Wildman–Crippen LogP) is 3.96. The number of ether oxygens (including phenoxy) is 1. The summed E-state index contributed by atoms with van der Waals surface area (Å²) in [4.78, 5) is 12.1. The Morgan fingerprint density at radius 3 is 2.56 bits per heavy atom. The first-order valence-electron chi connectivity index (χ1n) is 8.04. The fourth-order valence-corrected chi connectivity index (χ4v) is 2.60. The van der Waals surface area contributed by atoms with E-state index in [4.69, 9.17) is 4.74 Å². The molecule has 0 radical (unpaired) electrons. The third kappa shape index (κ3) is 5.45. The molecular weight excluding hydrogens is 326 g/mol. The van der Waals surface area contributed by atoms with Crippen LogP contribution in [0.2, 0.25) is 0 Å². The predicted molar refractivity (Wildman–Crippen MR) is 92.6 cm³/mol. The molecule has 0 heterocycles. The molecule has 0 saturated heterocycles. The summed E-state index contributed by atoms with van der Waals surface area (Å²) in [6.45, 7) is 3.52. The van der Waals surface area contributed by atoms with Crippen LogP contribution >= 0.6 is 0 Å². The highest BCUT2D eigenvalue weighted by Crippen LogP contribution is 2.18. The Kier molecular flexibility index (Phi) is 6.33. The van der Waals surface area contributed by atoms with E-state index < -0.39 is 23.7 Å². The van der Waals surface area contributed by atoms with E-state index in [1.54, 1.807) is 14.0 Å². The number of amides is 2. The molecule has 134 valence electrons. The fourth-order valence-electron chi connectivity index (χ4n) is 2.60. The zero-order valence-corrected chi connectivity index (χ0v) is 14.5. The maximum absolute atomic E-state index is 13.7. The van der Waals surface area contributed by atoms with Crippen LogP contribution in [-0.4, -0.2) is 19.2 Å². The Morgan fingerprint density at radius 1 is 1.12 bits per heavy atom. The third-order valence-electron chi connectivity index (χ3n) is 3.83. The van der Waals surface area contributed by atoms with Crippen molar-refractivity contribution >= 4 is 6.03 Å². The van der Waals surface area contributed by atoms with Crippen LogP contribution in [0, 0.1) is 11.6 Å². The first-order chi connectivity index (χ1) is 11.9. The largest absolute Gasteiger partial charge is 0.497 e. The van der Waals surface area contributed by atoms with Crippen molar-refractivity contribution in [2.75, 3.05) is 7.11 Å². The molecule has 2 aromatic rings. The van der Waals surface area contributed by atoms with Gasteiger partial charge in [-0.1, -0.05) is 18.2 Å². The molecule has 2 aromatic carbocycles. The number of halogens is 2. The van der Waals surface area contributed by atoms with Crippen LogP contribution in [-0.2, 0) is 6.42 Å². The van der Waals surface area contributed by atoms with E-state index in [1.165, 1.54) is 12.1 Å². The van der Waals surface area contributed by atoms with Crippen LogP contribution in [0.5, 0.6) is 5.75 Å². The van der Waals surface area contributed by atoms with E-state index in [1.807, 2.05) is 31.2 Å². The zero-order valence-electron chi connectivity index (χ0n) is 14.5. The van der Waals surface area contributed by atoms with Gasteiger partial charge in [-0.3, -0.25) is 0 Å². The van der Waals surface area contributed by atoms with Gasteiger partial charge in [-0.25, -0.2) is 13.6 Å². The van der Waals surface area contributed by atoms with Gasteiger partial charge in [0.1, 0.15) is 17.4 Å². The van der Waals surface area contributed by atoms with Gasteiger partial charge in [-0.2, -0.15) is 0 Å².